The number of aromatic nitrogens is 1. The predicted molar refractivity (Wildman–Crippen MR) is 49.9 cm³/mol. The van der Waals surface area contributed by atoms with Crippen molar-refractivity contribution < 1.29 is 18.0 Å². The average molecular weight is 228 g/mol. The summed E-state index contributed by atoms with van der Waals surface area (Å²) in [6.07, 6.45) is -4.71. The maximum Gasteiger partial charge on any atom is 0.433 e. The van der Waals surface area contributed by atoms with Gasteiger partial charge in [0.25, 0.3) is 0 Å². The Morgan fingerprint density at radius 3 is 2.69 bits per heavy atom. The maximum atomic E-state index is 12.2. The number of carbonyl (C=O) groups is 1. The highest BCUT2D eigenvalue weighted by molar-refractivity contribution is 5.76. The minimum absolute atomic E-state index is 0.0453. The van der Waals surface area contributed by atoms with Gasteiger partial charge in [-0.15, -0.1) is 0 Å². The van der Waals surface area contributed by atoms with Gasteiger partial charge in [0.1, 0.15) is 11.4 Å². The molecule has 0 saturated carbocycles. The van der Waals surface area contributed by atoms with Crippen LogP contribution in [0.5, 0.6) is 0 Å². The summed E-state index contributed by atoms with van der Waals surface area (Å²) in [4.78, 5) is 13.6. The molecule has 0 spiro atoms. The number of hydrogen-bond acceptors (Lipinski definition) is 2. The minimum atomic E-state index is -4.50. The largest absolute Gasteiger partial charge is 0.433 e. The second kappa shape index (κ2) is 4.66. The predicted octanol–water partition coefficient (Wildman–Crippen LogP) is 1.33. The number of hydrogen-bond donors (Lipinski definition) is 1. The van der Waals surface area contributed by atoms with Crippen LogP contribution in [0.2, 0.25) is 0 Å². The Hall–Kier alpha value is -2.03. The summed E-state index contributed by atoms with van der Waals surface area (Å²) in [5.41, 5.74) is 3.75. The molecular weight excluding hydrogens is 221 g/mol. The van der Waals surface area contributed by atoms with Crippen LogP contribution in [-0.2, 0) is 11.0 Å². The molecule has 1 heterocycles. The normalized spacial score (nSPS) is 10.4. The molecule has 0 bridgehead atoms. The minimum Gasteiger partial charge on any atom is -0.369 e. The van der Waals surface area contributed by atoms with Crippen LogP contribution in [-0.4, -0.2) is 10.9 Å². The second-order valence-corrected chi connectivity index (χ2v) is 2.85. The van der Waals surface area contributed by atoms with Gasteiger partial charge in [0.2, 0.25) is 5.91 Å². The third-order valence-electron chi connectivity index (χ3n) is 1.52. The Balaban J connectivity index is 2.90. The van der Waals surface area contributed by atoms with Crippen LogP contribution in [0.4, 0.5) is 13.2 Å². The summed E-state index contributed by atoms with van der Waals surface area (Å²) in [6, 6.07) is 3.37. The van der Waals surface area contributed by atoms with Crippen LogP contribution in [0.15, 0.2) is 18.2 Å². The van der Waals surface area contributed by atoms with E-state index in [1.54, 1.807) is 0 Å². The molecule has 1 aromatic heterocycles. The lowest BCUT2D eigenvalue weighted by molar-refractivity contribution is -0.141. The summed E-state index contributed by atoms with van der Waals surface area (Å²) in [6.45, 7) is 0. The molecule has 0 radical (unpaired) electrons. The van der Waals surface area contributed by atoms with Gasteiger partial charge in [0.15, 0.2) is 0 Å². The standard InChI is InChI=1S/C10H7F3N2O/c11-10(12,13)8-5-1-3-7(15-8)4-2-6-9(14)16/h1,3,5H,6H2,(H2,14,16). The van der Waals surface area contributed by atoms with E-state index in [1.807, 2.05) is 0 Å². The van der Waals surface area contributed by atoms with E-state index in [0.29, 0.717) is 0 Å². The third-order valence-corrected chi connectivity index (χ3v) is 1.52. The van der Waals surface area contributed by atoms with Crippen LogP contribution in [0.1, 0.15) is 17.8 Å². The van der Waals surface area contributed by atoms with E-state index in [1.165, 1.54) is 12.1 Å². The van der Waals surface area contributed by atoms with E-state index in [2.05, 4.69) is 16.8 Å². The topological polar surface area (TPSA) is 56.0 Å². The van der Waals surface area contributed by atoms with Gasteiger partial charge >= 0.3 is 6.18 Å². The number of amides is 1. The second-order valence-electron chi connectivity index (χ2n) is 2.85. The highest BCUT2D eigenvalue weighted by Crippen LogP contribution is 2.27. The molecule has 0 atom stereocenters. The molecule has 2 N–H and O–H groups in total. The van der Waals surface area contributed by atoms with Crippen molar-refractivity contribution in [3.63, 3.8) is 0 Å². The van der Waals surface area contributed by atoms with Crippen molar-refractivity contribution in [2.75, 3.05) is 0 Å². The van der Waals surface area contributed by atoms with E-state index in [-0.39, 0.29) is 12.1 Å². The molecule has 0 saturated heterocycles. The Kier molecular flexibility index (Phi) is 3.51. The van der Waals surface area contributed by atoms with Crippen molar-refractivity contribution in [2.45, 2.75) is 12.6 Å². The van der Waals surface area contributed by atoms with E-state index in [9.17, 15) is 18.0 Å². The number of alkyl halides is 3. The van der Waals surface area contributed by atoms with Gasteiger partial charge in [0.05, 0.1) is 6.42 Å². The fourth-order valence-corrected chi connectivity index (χ4v) is 0.884. The maximum absolute atomic E-state index is 12.2. The highest BCUT2D eigenvalue weighted by Gasteiger charge is 2.32. The van der Waals surface area contributed by atoms with Gasteiger partial charge in [0, 0.05) is 0 Å². The Bertz CT molecular complexity index is 457. The van der Waals surface area contributed by atoms with Crippen LogP contribution < -0.4 is 5.73 Å². The monoisotopic (exact) mass is 228 g/mol. The van der Waals surface area contributed by atoms with E-state index in [0.717, 1.165) is 6.07 Å². The number of halogens is 3. The van der Waals surface area contributed by atoms with Crippen molar-refractivity contribution in [1.29, 1.82) is 0 Å². The molecule has 3 nitrogen and oxygen atoms in total. The van der Waals surface area contributed by atoms with Gasteiger partial charge in [-0.1, -0.05) is 12.0 Å². The van der Waals surface area contributed by atoms with Gasteiger partial charge in [-0.25, -0.2) is 4.98 Å². The Labute approximate surface area is 89.5 Å². The first-order valence-corrected chi connectivity index (χ1v) is 4.21. The number of pyridine rings is 1. The van der Waals surface area contributed by atoms with Crippen molar-refractivity contribution in [3.05, 3.63) is 29.6 Å². The molecule has 1 aromatic rings. The number of carbonyl (C=O) groups excluding carboxylic acids is 1. The molecule has 16 heavy (non-hydrogen) atoms. The van der Waals surface area contributed by atoms with Gasteiger partial charge in [-0.2, -0.15) is 13.2 Å². The van der Waals surface area contributed by atoms with Gasteiger partial charge < -0.3 is 5.73 Å². The average Bonchev–Trinajstić information content (AvgIpc) is 2.16. The lowest BCUT2D eigenvalue weighted by atomic mass is 10.3. The van der Waals surface area contributed by atoms with Crippen molar-refractivity contribution in [2.24, 2.45) is 5.73 Å². The Morgan fingerprint density at radius 1 is 1.44 bits per heavy atom. The Morgan fingerprint density at radius 2 is 2.12 bits per heavy atom. The molecule has 1 rings (SSSR count). The van der Waals surface area contributed by atoms with Crippen LogP contribution in [0.3, 0.4) is 0 Å². The summed E-state index contributed by atoms with van der Waals surface area (Å²) < 4.78 is 36.7. The van der Waals surface area contributed by atoms with E-state index >= 15 is 0 Å². The first-order valence-electron chi connectivity index (χ1n) is 4.21. The highest BCUT2D eigenvalue weighted by atomic mass is 19.4. The zero-order valence-corrected chi connectivity index (χ0v) is 8.01. The first-order chi connectivity index (χ1) is 7.39. The number of rotatable bonds is 1. The van der Waals surface area contributed by atoms with Crippen molar-refractivity contribution in [3.8, 4) is 11.8 Å². The number of primary amides is 1. The van der Waals surface area contributed by atoms with Gasteiger partial charge in [-0.05, 0) is 18.1 Å². The third kappa shape index (κ3) is 3.61. The van der Waals surface area contributed by atoms with E-state index in [4.69, 9.17) is 5.73 Å². The molecule has 0 aliphatic carbocycles. The number of nitrogens with two attached hydrogens (primary N) is 1. The first kappa shape index (κ1) is 12.0. The molecule has 84 valence electrons. The van der Waals surface area contributed by atoms with Crippen molar-refractivity contribution >= 4 is 5.91 Å². The SMILES string of the molecule is NC(=O)CC#Cc1cccc(C(F)(F)F)n1. The summed E-state index contributed by atoms with van der Waals surface area (Å²) in [7, 11) is 0. The van der Waals surface area contributed by atoms with E-state index < -0.39 is 17.8 Å². The molecule has 1 amide bonds. The zero-order chi connectivity index (χ0) is 12.2. The smallest absolute Gasteiger partial charge is 0.369 e. The fraction of sp³-hybridized carbons (Fsp3) is 0.200. The summed E-state index contributed by atoms with van der Waals surface area (Å²) >= 11 is 0. The summed E-state index contributed by atoms with van der Waals surface area (Å²) in [5.74, 6) is 4.01. The van der Waals surface area contributed by atoms with Crippen LogP contribution in [0.25, 0.3) is 0 Å². The number of nitrogens with zero attached hydrogens (tertiary/aromatic N) is 1. The molecular formula is C10H7F3N2O. The molecule has 0 unspecified atom stereocenters. The van der Waals surface area contributed by atoms with Gasteiger partial charge in [-0.3, -0.25) is 4.79 Å². The fourth-order valence-electron chi connectivity index (χ4n) is 0.884. The molecule has 0 aliphatic heterocycles. The van der Waals surface area contributed by atoms with Crippen molar-refractivity contribution in [1.82, 2.24) is 4.98 Å². The quantitative estimate of drug-likeness (QED) is 0.737. The molecule has 0 aromatic carbocycles. The van der Waals surface area contributed by atoms with Crippen LogP contribution >= 0.6 is 0 Å². The zero-order valence-electron chi connectivity index (χ0n) is 8.01. The molecule has 0 aliphatic rings. The molecule has 0 fully saturated rings. The molecule has 6 heteroatoms. The lowest BCUT2D eigenvalue weighted by Crippen LogP contribution is -2.09. The van der Waals surface area contributed by atoms with Crippen LogP contribution in [0, 0.1) is 11.8 Å². The summed E-state index contributed by atoms with van der Waals surface area (Å²) in [5, 5.41) is 0. The lowest BCUT2D eigenvalue weighted by Gasteiger charge is -2.04.